The fraction of sp³-hybridized carbons (Fsp3) is 0.613. The summed E-state index contributed by atoms with van der Waals surface area (Å²) in [5.41, 5.74) is 19.7. The number of anilines is 4. The largest absolute Gasteiger partial charge is 0.354 e. The number of rotatable bonds is 12. The summed E-state index contributed by atoms with van der Waals surface area (Å²) >= 11 is 39.1. The molecule has 29 heteroatoms. The second-order valence-corrected chi connectivity index (χ2v) is 11.7. The molecule has 0 aliphatic rings. The fourth-order valence-electron chi connectivity index (χ4n) is 2.47. The van der Waals surface area contributed by atoms with Crippen LogP contribution >= 0.6 is 106 Å². The minimum atomic E-state index is 0. The molecule has 0 aliphatic heterocycles. The highest BCUT2D eigenvalue weighted by Crippen LogP contribution is 2.14. The molecular formula is C31H68Cl6N20S3. The van der Waals surface area contributed by atoms with E-state index in [2.05, 4.69) is 99.4 Å². The number of hydrogen-bond acceptors (Lipinski definition) is 23. The normalized spacial score (nSPS) is 8.43. The molecule has 0 aliphatic carbocycles. The molecule has 0 atom stereocenters. The predicted octanol–water partition coefficient (Wildman–Crippen LogP) is 7.72. The minimum Gasteiger partial charge on any atom is -0.354 e. The summed E-state index contributed by atoms with van der Waals surface area (Å²) in [7, 11) is 1.50. The average Bonchev–Trinajstić information content (AvgIpc) is 3.15. The number of thioether (sulfide) groups is 2. The molecule has 0 saturated carbocycles. The van der Waals surface area contributed by atoms with E-state index in [9.17, 15) is 0 Å². The molecule has 352 valence electrons. The maximum atomic E-state index is 5.65. The van der Waals surface area contributed by atoms with Gasteiger partial charge in [0.1, 0.15) is 0 Å². The van der Waals surface area contributed by atoms with Crippen molar-refractivity contribution in [3.05, 3.63) is 31.7 Å². The van der Waals surface area contributed by atoms with Crippen molar-refractivity contribution < 1.29 is 0 Å². The van der Waals surface area contributed by atoms with Crippen LogP contribution in [0.1, 0.15) is 57.9 Å². The molecule has 0 amide bonds. The number of hydrogen-bond donors (Lipinski definition) is 9. The summed E-state index contributed by atoms with van der Waals surface area (Å²) in [4.78, 5) is 46.0. The van der Waals surface area contributed by atoms with Gasteiger partial charge >= 0.3 is 0 Å². The smallest absolute Gasteiger partial charge is 0.228 e. The number of nitrogens with zero attached hydrogens (tertiary/aromatic N) is 12. The second-order valence-electron chi connectivity index (χ2n) is 8.11. The van der Waals surface area contributed by atoms with E-state index in [0.717, 1.165) is 19.6 Å². The first-order valence-corrected chi connectivity index (χ1v) is 21.1. The molecule has 4 heterocycles. The zero-order valence-electron chi connectivity index (χ0n) is 31.2. The van der Waals surface area contributed by atoms with E-state index in [0.29, 0.717) is 60.3 Å². The lowest BCUT2D eigenvalue weighted by molar-refractivity contribution is 0.885. The van der Waals surface area contributed by atoms with Gasteiger partial charge in [0.15, 0.2) is 10.3 Å². The molecule has 12 N–H and O–H groups in total. The number of nitrogens with one attached hydrogen (secondary N) is 4. The molecule has 4 aromatic rings. The summed E-state index contributed by atoms with van der Waals surface area (Å²) in [6.07, 6.45) is 5.51. The first-order valence-electron chi connectivity index (χ1n) is 15.5. The van der Waals surface area contributed by atoms with Crippen LogP contribution in [0.15, 0.2) is 10.3 Å². The van der Waals surface area contributed by atoms with Crippen molar-refractivity contribution in [3.8, 4) is 0 Å². The van der Waals surface area contributed by atoms with Crippen LogP contribution in [0.4, 0.5) is 23.8 Å². The minimum absolute atomic E-state index is 0. The van der Waals surface area contributed by atoms with Gasteiger partial charge in [-0.2, -0.15) is 72.4 Å². The van der Waals surface area contributed by atoms with E-state index in [1.54, 1.807) is 6.26 Å². The van der Waals surface area contributed by atoms with E-state index in [1.807, 2.05) is 33.3 Å². The Morgan fingerprint density at radius 3 is 0.950 bits per heavy atom. The van der Waals surface area contributed by atoms with Gasteiger partial charge in [-0.05, 0) is 116 Å². The lowest BCUT2D eigenvalue weighted by Crippen LogP contribution is -2.16. The average molecular weight is 1030 g/mol. The van der Waals surface area contributed by atoms with E-state index >= 15 is 0 Å². The Labute approximate surface area is 402 Å². The zero-order chi connectivity index (χ0) is 42.6. The number of thiol groups is 1. The Morgan fingerprint density at radius 2 is 0.667 bits per heavy atom. The third-order valence-corrected chi connectivity index (χ3v) is 6.41. The quantitative estimate of drug-likeness (QED) is 0.0484. The van der Waals surface area contributed by atoms with Gasteiger partial charge in [-0.25, -0.2) is 0 Å². The summed E-state index contributed by atoms with van der Waals surface area (Å²) < 4.78 is 0. The van der Waals surface area contributed by atoms with Crippen LogP contribution in [0, 0.1) is 0 Å². The Morgan fingerprint density at radius 1 is 0.417 bits per heavy atom. The number of aromatic nitrogens is 12. The van der Waals surface area contributed by atoms with Gasteiger partial charge in [0, 0.05) is 45.8 Å². The molecule has 4 aromatic heterocycles. The van der Waals surface area contributed by atoms with Crippen LogP contribution in [-0.4, -0.2) is 131 Å². The highest BCUT2D eigenvalue weighted by molar-refractivity contribution is 7.98. The molecule has 0 unspecified atom stereocenters. The summed E-state index contributed by atoms with van der Waals surface area (Å²) in [5, 5.41) is 13.6. The maximum Gasteiger partial charge on any atom is 0.228 e. The van der Waals surface area contributed by atoms with Crippen molar-refractivity contribution in [1.29, 1.82) is 0 Å². The van der Waals surface area contributed by atoms with Gasteiger partial charge in [0.05, 0.1) is 0 Å². The lowest BCUT2D eigenvalue weighted by atomic mass is 10.6. The SMILES string of the molecule is C.C.C.C.C.CCNc1nc(Cl)nc(Cl)n1.CCNc1nc(Cl)nc(SC)n1.CCNc1nc(NCCN)nc(SC)n1.CN.CS.Clc1nc(Cl)nc(Cl)n1.NCCN. The first-order chi connectivity index (χ1) is 26.4. The van der Waals surface area contributed by atoms with Crippen LogP contribution in [-0.2, 0) is 0 Å². The molecule has 0 radical (unpaired) electrons. The Kier molecular flexibility index (Phi) is 64.2. The van der Waals surface area contributed by atoms with E-state index in [1.165, 1.54) is 30.6 Å². The highest BCUT2D eigenvalue weighted by Gasteiger charge is 2.05. The van der Waals surface area contributed by atoms with Crippen LogP contribution in [0.25, 0.3) is 0 Å². The molecule has 0 bridgehead atoms. The molecule has 0 spiro atoms. The van der Waals surface area contributed by atoms with Gasteiger partial charge in [-0.1, -0.05) is 60.7 Å². The summed E-state index contributed by atoms with van der Waals surface area (Å²) in [5.74, 6) is 2.09. The molecule has 60 heavy (non-hydrogen) atoms. The first kappa shape index (κ1) is 75.3. The molecule has 4 rings (SSSR count). The van der Waals surface area contributed by atoms with Gasteiger partial charge in [0.25, 0.3) is 0 Å². The Hall–Kier alpha value is -2.13. The Balaban J connectivity index is -0.0000000929. The van der Waals surface area contributed by atoms with Gasteiger partial charge in [-0.3, -0.25) is 0 Å². The molecule has 0 saturated heterocycles. The topological polar surface area (TPSA) is 307 Å². The lowest BCUT2D eigenvalue weighted by Gasteiger charge is -2.07. The van der Waals surface area contributed by atoms with Gasteiger partial charge in [-0.15, -0.1) is 0 Å². The fourth-order valence-corrected chi connectivity index (χ4v) is 4.37. The van der Waals surface area contributed by atoms with Crippen LogP contribution in [0.3, 0.4) is 0 Å². The van der Waals surface area contributed by atoms with Crippen molar-refractivity contribution in [2.24, 2.45) is 22.9 Å². The third-order valence-electron chi connectivity index (χ3n) is 4.30. The van der Waals surface area contributed by atoms with E-state index in [-0.39, 0.29) is 68.8 Å². The Bertz CT molecular complexity index is 1470. The number of halogens is 6. The number of nitrogens with two attached hydrogens (primary N) is 4. The van der Waals surface area contributed by atoms with E-state index < -0.39 is 0 Å². The molecule has 0 fully saturated rings. The van der Waals surface area contributed by atoms with Crippen LogP contribution < -0.4 is 44.2 Å². The molecule has 0 aromatic carbocycles. The summed E-state index contributed by atoms with van der Waals surface area (Å²) in [6.45, 7) is 10.6. The third kappa shape index (κ3) is 41.2. The van der Waals surface area contributed by atoms with Crippen LogP contribution in [0.5, 0.6) is 0 Å². The van der Waals surface area contributed by atoms with Crippen LogP contribution in [0.2, 0.25) is 31.7 Å². The monoisotopic (exact) mass is 1030 g/mol. The zero-order valence-corrected chi connectivity index (χ0v) is 38.2. The van der Waals surface area contributed by atoms with Crippen molar-refractivity contribution in [2.45, 2.75) is 68.2 Å². The molecule has 20 nitrogen and oxygen atoms in total. The predicted molar refractivity (Wildman–Crippen MR) is 270 cm³/mol. The second kappa shape index (κ2) is 51.2. The highest BCUT2D eigenvalue weighted by atomic mass is 35.5. The maximum absolute atomic E-state index is 5.65. The van der Waals surface area contributed by atoms with Gasteiger partial charge in [0.2, 0.25) is 55.5 Å². The van der Waals surface area contributed by atoms with Crippen molar-refractivity contribution in [2.75, 3.05) is 92.9 Å². The van der Waals surface area contributed by atoms with Gasteiger partial charge < -0.3 is 44.2 Å². The van der Waals surface area contributed by atoms with E-state index in [4.69, 9.17) is 86.8 Å². The van der Waals surface area contributed by atoms with Crippen molar-refractivity contribution in [3.63, 3.8) is 0 Å². The van der Waals surface area contributed by atoms with Crippen molar-refractivity contribution >= 4 is 130 Å². The standard InChI is InChI=1S/C8H16N6S.C6H9ClN4S.C5H6Cl2N4.C3Cl3N3.C2H8N2.CH5N.CH4S.5CH4/c1-3-10-6-12-7(11-5-4-9)14-8(13-6)15-2;1-3-8-5-9-4(7)10-6(11-5)12-2;1-2-8-5-10-3(6)9-4(7)11-5;4-1-7-2(5)9-3(6)8-1;3-1-2-4;2*1-2;;;;;/h3-5,9H2,1-2H3,(H2,10,11,12,13,14);3H2,1-2H3,(H,8,9,10,11);2H2,1H3,(H,8,9,10,11);;1-4H2;2H2,1H3;2H,1H3;5*1H4. The summed E-state index contributed by atoms with van der Waals surface area (Å²) in [6, 6.07) is 0. The molecular weight excluding hydrogens is 961 g/mol. The van der Waals surface area contributed by atoms with Crippen molar-refractivity contribution in [1.82, 2.24) is 59.8 Å².